The van der Waals surface area contributed by atoms with Crippen LogP contribution in [0, 0.1) is 0 Å². The Hall–Kier alpha value is -2.74. The molecular formula is C21H26N2O5S. The monoisotopic (exact) mass is 418 g/mol. The van der Waals surface area contributed by atoms with Gasteiger partial charge in [-0.3, -0.25) is 9.52 Å². The molecule has 2 aromatic carbocycles. The zero-order valence-corrected chi connectivity index (χ0v) is 17.8. The van der Waals surface area contributed by atoms with Gasteiger partial charge in [-0.2, -0.15) is 0 Å². The number of ether oxygens (including phenoxy) is 2. The molecule has 1 aliphatic rings. The molecule has 1 aliphatic carbocycles. The van der Waals surface area contributed by atoms with E-state index in [2.05, 4.69) is 10.0 Å². The van der Waals surface area contributed by atoms with Gasteiger partial charge in [0.1, 0.15) is 16.4 Å². The number of hydrogen-bond donors (Lipinski definition) is 2. The van der Waals surface area contributed by atoms with E-state index in [1.54, 1.807) is 36.4 Å². The molecule has 0 atom stereocenters. The van der Waals surface area contributed by atoms with Crippen LogP contribution in [0.15, 0.2) is 47.4 Å². The molecule has 156 valence electrons. The molecule has 29 heavy (non-hydrogen) atoms. The Kier molecular flexibility index (Phi) is 5.75. The Morgan fingerprint density at radius 2 is 1.69 bits per heavy atom. The van der Waals surface area contributed by atoms with Gasteiger partial charge in [0.25, 0.3) is 10.0 Å². The lowest BCUT2D eigenvalue weighted by Gasteiger charge is -2.18. The molecule has 1 amide bonds. The second-order valence-corrected chi connectivity index (χ2v) is 9.06. The van der Waals surface area contributed by atoms with Gasteiger partial charge in [0.05, 0.1) is 19.6 Å². The first-order chi connectivity index (χ1) is 13.7. The van der Waals surface area contributed by atoms with Gasteiger partial charge >= 0.3 is 0 Å². The lowest BCUT2D eigenvalue weighted by molar-refractivity contribution is -0.124. The van der Waals surface area contributed by atoms with Crippen LogP contribution in [0.25, 0.3) is 0 Å². The largest absolute Gasteiger partial charge is 0.497 e. The first-order valence-electron chi connectivity index (χ1n) is 9.38. The Morgan fingerprint density at radius 3 is 2.21 bits per heavy atom. The van der Waals surface area contributed by atoms with Crippen LogP contribution in [0.5, 0.6) is 11.5 Å². The molecule has 0 saturated heterocycles. The maximum absolute atomic E-state index is 12.9. The molecule has 0 unspecified atom stereocenters. The third-order valence-electron chi connectivity index (χ3n) is 4.95. The molecule has 1 fully saturated rings. The average Bonchev–Trinajstić information content (AvgIpc) is 3.49. The van der Waals surface area contributed by atoms with Crippen LogP contribution in [0.1, 0.15) is 32.3 Å². The van der Waals surface area contributed by atoms with E-state index in [1.807, 2.05) is 13.8 Å². The maximum atomic E-state index is 12.9. The van der Waals surface area contributed by atoms with Crippen molar-refractivity contribution in [1.29, 1.82) is 0 Å². The fraction of sp³-hybridized carbons (Fsp3) is 0.381. The minimum Gasteiger partial charge on any atom is -0.497 e. The number of nitrogens with one attached hydrogen (secondary N) is 2. The lowest BCUT2D eigenvalue weighted by Crippen LogP contribution is -2.38. The summed E-state index contributed by atoms with van der Waals surface area (Å²) < 4.78 is 38.6. The van der Waals surface area contributed by atoms with E-state index in [0.29, 0.717) is 11.4 Å². The summed E-state index contributed by atoms with van der Waals surface area (Å²) in [5.41, 5.74) is 0.786. The second-order valence-electron chi connectivity index (χ2n) is 7.41. The molecule has 0 radical (unpaired) electrons. The number of hydrogen-bond acceptors (Lipinski definition) is 5. The van der Waals surface area contributed by atoms with Crippen molar-refractivity contribution in [2.45, 2.75) is 43.0 Å². The Labute approximate surface area is 171 Å². The third-order valence-corrected chi connectivity index (χ3v) is 6.36. The molecule has 2 aromatic rings. The van der Waals surface area contributed by atoms with Crippen LogP contribution in [0.2, 0.25) is 0 Å². The van der Waals surface area contributed by atoms with E-state index < -0.39 is 15.4 Å². The summed E-state index contributed by atoms with van der Waals surface area (Å²) in [5.74, 6) is 0.646. The number of benzene rings is 2. The molecule has 8 heteroatoms. The molecule has 7 nitrogen and oxygen atoms in total. The van der Waals surface area contributed by atoms with Gasteiger partial charge in [0, 0.05) is 17.8 Å². The van der Waals surface area contributed by atoms with Gasteiger partial charge in [-0.25, -0.2) is 8.42 Å². The van der Waals surface area contributed by atoms with E-state index >= 15 is 0 Å². The van der Waals surface area contributed by atoms with Gasteiger partial charge in [0.15, 0.2) is 0 Å². The number of sulfonamides is 1. The third kappa shape index (κ3) is 4.32. The van der Waals surface area contributed by atoms with E-state index in [1.165, 1.54) is 20.3 Å². The average molecular weight is 419 g/mol. The molecule has 0 bridgehead atoms. The summed E-state index contributed by atoms with van der Waals surface area (Å²) in [6, 6.07) is 11.6. The summed E-state index contributed by atoms with van der Waals surface area (Å²) in [5, 5.41) is 2.97. The fourth-order valence-electron chi connectivity index (χ4n) is 3.23. The van der Waals surface area contributed by atoms with Crippen molar-refractivity contribution in [2.24, 2.45) is 0 Å². The van der Waals surface area contributed by atoms with Crippen LogP contribution in [-0.2, 0) is 20.2 Å². The van der Waals surface area contributed by atoms with Gasteiger partial charge in [-0.1, -0.05) is 12.1 Å². The van der Waals surface area contributed by atoms with Crippen LogP contribution >= 0.6 is 0 Å². The van der Waals surface area contributed by atoms with Crippen molar-refractivity contribution in [1.82, 2.24) is 5.32 Å². The van der Waals surface area contributed by atoms with Crippen molar-refractivity contribution < 1.29 is 22.7 Å². The standard InChI is InChI=1S/C21H26N2O5S/c1-14(2)22-20(24)21(11-12-21)15-5-7-16(8-6-15)23-29(25,26)19-13-17(27-3)9-10-18(19)28-4/h5-10,13-14,23H,11-12H2,1-4H3,(H,22,24). The first kappa shape index (κ1) is 21.0. The summed E-state index contributed by atoms with van der Waals surface area (Å²) in [7, 11) is -1.01. The zero-order valence-electron chi connectivity index (χ0n) is 17.0. The molecule has 0 heterocycles. The van der Waals surface area contributed by atoms with Gasteiger partial charge < -0.3 is 14.8 Å². The van der Waals surface area contributed by atoms with Crippen molar-refractivity contribution >= 4 is 21.6 Å². The van der Waals surface area contributed by atoms with Crippen molar-refractivity contribution in [3.63, 3.8) is 0 Å². The summed E-state index contributed by atoms with van der Waals surface area (Å²) in [6.07, 6.45) is 1.58. The number of carbonyl (C=O) groups is 1. The van der Waals surface area contributed by atoms with Crippen LogP contribution in [0.4, 0.5) is 5.69 Å². The van der Waals surface area contributed by atoms with Gasteiger partial charge in [-0.05, 0) is 56.5 Å². The van der Waals surface area contributed by atoms with Gasteiger partial charge in [-0.15, -0.1) is 0 Å². The van der Waals surface area contributed by atoms with E-state index in [9.17, 15) is 13.2 Å². The van der Waals surface area contributed by atoms with Crippen LogP contribution in [-0.4, -0.2) is 34.6 Å². The predicted molar refractivity (Wildman–Crippen MR) is 111 cm³/mol. The fourth-order valence-corrected chi connectivity index (χ4v) is 4.48. The SMILES string of the molecule is COc1ccc(OC)c(S(=O)(=O)Nc2ccc(C3(C(=O)NC(C)C)CC3)cc2)c1. The second kappa shape index (κ2) is 7.94. The summed E-state index contributed by atoms with van der Waals surface area (Å²) in [6.45, 7) is 3.86. The topological polar surface area (TPSA) is 93.7 Å². The molecule has 0 aliphatic heterocycles. The quantitative estimate of drug-likeness (QED) is 0.687. The number of carbonyl (C=O) groups excluding carboxylic acids is 1. The van der Waals surface area contributed by atoms with Crippen molar-refractivity contribution in [3.05, 3.63) is 48.0 Å². The molecule has 0 aromatic heterocycles. The number of amides is 1. The lowest BCUT2D eigenvalue weighted by atomic mass is 9.94. The summed E-state index contributed by atoms with van der Waals surface area (Å²) in [4.78, 5) is 12.5. The number of anilines is 1. The highest BCUT2D eigenvalue weighted by Crippen LogP contribution is 2.48. The maximum Gasteiger partial charge on any atom is 0.265 e. The highest BCUT2D eigenvalue weighted by Gasteiger charge is 2.51. The van der Waals surface area contributed by atoms with E-state index in [0.717, 1.165) is 18.4 Å². The molecule has 2 N–H and O–H groups in total. The van der Waals surface area contributed by atoms with Crippen LogP contribution < -0.4 is 19.5 Å². The molecular weight excluding hydrogens is 392 g/mol. The Morgan fingerprint density at radius 1 is 1.03 bits per heavy atom. The molecule has 0 spiro atoms. The first-order valence-corrected chi connectivity index (χ1v) is 10.9. The van der Waals surface area contributed by atoms with E-state index in [4.69, 9.17) is 9.47 Å². The highest BCUT2D eigenvalue weighted by atomic mass is 32.2. The highest BCUT2D eigenvalue weighted by molar-refractivity contribution is 7.92. The minimum absolute atomic E-state index is 0.0154. The molecule has 3 rings (SSSR count). The van der Waals surface area contributed by atoms with Gasteiger partial charge in [0.2, 0.25) is 5.91 Å². The number of rotatable bonds is 8. The smallest absolute Gasteiger partial charge is 0.265 e. The molecule has 1 saturated carbocycles. The predicted octanol–water partition coefficient (Wildman–Crippen LogP) is 3.06. The normalized spacial score (nSPS) is 14.9. The number of methoxy groups -OCH3 is 2. The van der Waals surface area contributed by atoms with Crippen molar-refractivity contribution in [2.75, 3.05) is 18.9 Å². The Bertz CT molecular complexity index is 996. The zero-order chi connectivity index (χ0) is 21.2. The van der Waals surface area contributed by atoms with Crippen molar-refractivity contribution in [3.8, 4) is 11.5 Å². The van der Waals surface area contributed by atoms with E-state index in [-0.39, 0.29) is 22.6 Å². The summed E-state index contributed by atoms with van der Waals surface area (Å²) >= 11 is 0. The van der Waals surface area contributed by atoms with Crippen LogP contribution in [0.3, 0.4) is 0 Å². The Balaban J connectivity index is 1.82. The minimum atomic E-state index is -3.89.